The molecule has 0 bridgehead atoms. The van der Waals surface area contributed by atoms with E-state index in [4.69, 9.17) is 5.11 Å². The van der Waals surface area contributed by atoms with Crippen molar-refractivity contribution in [1.29, 1.82) is 0 Å². The van der Waals surface area contributed by atoms with Crippen molar-refractivity contribution in [3.05, 3.63) is 28.0 Å². The lowest BCUT2D eigenvalue weighted by Crippen LogP contribution is -1.96. The summed E-state index contributed by atoms with van der Waals surface area (Å²) >= 11 is 1.16. The fourth-order valence-corrected chi connectivity index (χ4v) is 1.69. The van der Waals surface area contributed by atoms with Crippen LogP contribution < -0.4 is 0 Å². The smallest absolute Gasteiger partial charge is 0.345 e. The maximum atomic E-state index is 10.8. The number of aromatic carboxylic acids is 1. The molecule has 0 aliphatic heterocycles. The Bertz CT molecular complexity index is 392. The maximum Gasteiger partial charge on any atom is 0.345 e. The van der Waals surface area contributed by atoms with Crippen molar-refractivity contribution in [3.8, 4) is 0 Å². The first kappa shape index (κ1) is 11.5. The Morgan fingerprint density at radius 3 is 2.80 bits per heavy atom. The van der Waals surface area contributed by atoms with Gasteiger partial charge in [-0.3, -0.25) is 4.79 Å². The molecule has 1 aromatic heterocycles. The molecule has 1 heterocycles. The Balaban J connectivity index is 2.57. The van der Waals surface area contributed by atoms with Gasteiger partial charge in [0.15, 0.2) is 0 Å². The number of ether oxygens (including phenoxy) is 1. The quantitative estimate of drug-likeness (QED) is 0.798. The summed E-state index contributed by atoms with van der Waals surface area (Å²) in [4.78, 5) is 22.4. The molecule has 0 amide bonds. The summed E-state index contributed by atoms with van der Waals surface area (Å²) in [6, 6.07) is 3.23. The number of hydrogen-bond donors (Lipinski definition) is 1. The number of rotatable bonds is 4. The summed E-state index contributed by atoms with van der Waals surface area (Å²) in [7, 11) is 1.32. The van der Waals surface area contributed by atoms with Crippen molar-refractivity contribution >= 4 is 29.4 Å². The van der Waals surface area contributed by atoms with Gasteiger partial charge in [-0.05, 0) is 18.2 Å². The number of carboxylic acid groups (broad SMARTS) is 1. The number of methoxy groups -OCH3 is 1. The van der Waals surface area contributed by atoms with Crippen LogP contribution in [0.1, 0.15) is 21.0 Å². The minimum Gasteiger partial charge on any atom is -0.477 e. The predicted molar refractivity (Wildman–Crippen MR) is 56.9 cm³/mol. The Hall–Kier alpha value is -1.62. The van der Waals surface area contributed by atoms with E-state index < -0.39 is 5.97 Å². The molecule has 0 aromatic carbocycles. The summed E-state index contributed by atoms with van der Waals surface area (Å²) in [5.74, 6) is -1.26. The van der Waals surface area contributed by atoms with Crippen LogP contribution in [-0.4, -0.2) is 24.2 Å². The van der Waals surface area contributed by atoms with Gasteiger partial charge in [-0.15, -0.1) is 11.3 Å². The number of carbonyl (C=O) groups excluding carboxylic acids is 1. The Morgan fingerprint density at radius 1 is 1.53 bits per heavy atom. The topological polar surface area (TPSA) is 63.6 Å². The van der Waals surface area contributed by atoms with Crippen LogP contribution in [0.4, 0.5) is 0 Å². The van der Waals surface area contributed by atoms with Gasteiger partial charge in [0.1, 0.15) is 4.88 Å². The van der Waals surface area contributed by atoms with E-state index >= 15 is 0 Å². The highest BCUT2D eigenvalue weighted by Gasteiger charge is 2.04. The molecule has 0 unspecified atom stereocenters. The van der Waals surface area contributed by atoms with Crippen LogP contribution in [0.25, 0.3) is 6.08 Å². The van der Waals surface area contributed by atoms with Crippen molar-refractivity contribution in [1.82, 2.24) is 0 Å². The van der Waals surface area contributed by atoms with Crippen molar-refractivity contribution < 1.29 is 19.4 Å². The number of thiophene rings is 1. The normalized spacial score (nSPS) is 10.5. The number of carbonyl (C=O) groups is 2. The Morgan fingerprint density at radius 2 is 2.27 bits per heavy atom. The average Bonchev–Trinajstić information content (AvgIpc) is 2.66. The van der Waals surface area contributed by atoms with E-state index in [1.165, 1.54) is 13.2 Å². The van der Waals surface area contributed by atoms with Crippen molar-refractivity contribution in [2.24, 2.45) is 0 Å². The second-order valence-electron chi connectivity index (χ2n) is 2.69. The SMILES string of the molecule is COC(=O)CC=Cc1ccc(C(=O)O)s1. The van der Waals surface area contributed by atoms with Gasteiger partial charge in [-0.2, -0.15) is 0 Å². The molecule has 1 rings (SSSR count). The number of hydrogen-bond acceptors (Lipinski definition) is 4. The fourth-order valence-electron chi connectivity index (χ4n) is 0.912. The molecular formula is C10H10O4S. The van der Waals surface area contributed by atoms with Crippen LogP contribution in [0.15, 0.2) is 18.2 Å². The standard InChI is InChI=1S/C10H10O4S/c1-14-9(11)4-2-3-7-5-6-8(15-7)10(12)13/h2-3,5-6H,4H2,1H3,(H,12,13). The lowest BCUT2D eigenvalue weighted by atomic mass is 10.3. The third-order valence-electron chi connectivity index (χ3n) is 1.63. The minimum absolute atomic E-state index is 0.191. The van der Waals surface area contributed by atoms with Gasteiger partial charge in [0, 0.05) is 4.88 Å². The van der Waals surface area contributed by atoms with Crippen LogP contribution in [-0.2, 0) is 9.53 Å². The first-order valence-corrected chi connectivity index (χ1v) is 5.01. The third-order valence-corrected chi connectivity index (χ3v) is 2.67. The van der Waals surface area contributed by atoms with E-state index in [1.54, 1.807) is 18.2 Å². The molecule has 80 valence electrons. The molecule has 0 aliphatic carbocycles. The van der Waals surface area contributed by atoms with E-state index in [0.717, 1.165) is 16.2 Å². The highest BCUT2D eigenvalue weighted by Crippen LogP contribution is 2.17. The maximum absolute atomic E-state index is 10.8. The van der Waals surface area contributed by atoms with Gasteiger partial charge < -0.3 is 9.84 Å². The Labute approximate surface area is 90.8 Å². The molecule has 4 nitrogen and oxygen atoms in total. The summed E-state index contributed by atoms with van der Waals surface area (Å²) in [5.41, 5.74) is 0. The zero-order valence-corrected chi connectivity index (χ0v) is 8.91. The van der Waals surface area contributed by atoms with Gasteiger partial charge in [0.2, 0.25) is 0 Å². The van der Waals surface area contributed by atoms with E-state index in [1.807, 2.05) is 0 Å². The van der Waals surface area contributed by atoms with Gasteiger partial charge in [0.05, 0.1) is 13.5 Å². The second-order valence-corrected chi connectivity index (χ2v) is 3.81. The number of carboxylic acids is 1. The highest BCUT2D eigenvalue weighted by atomic mass is 32.1. The fraction of sp³-hybridized carbons (Fsp3) is 0.200. The molecule has 0 saturated heterocycles. The van der Waals surface area contributed by atoms with E-state index in [0.29, 0.717) is 0 Å². The zero-order chi connectivity index (χ0) is 11.3. The second kappa shape index (κ2) is 5.31. The van der Waals surface area contributed by atoms with E-state index in [-0.39, 0.29) is 17.3 Å². The average molecular weight is 226 g/mol. The molecular weight excluding hydrogens is 216 g/mol. The molecule has 5 heteroatoms. The molecule has 0 fully saturated rings. The largest absolute Gasteiger partial charge is 0.477 e. The zero-order valence-electron chi connectivity index (χ0n) is 8.10. The van der Waals surface area contributed by atoms with Crippen molar-refractivity contribution in [2.75, 3.05) is 7.11 Å². The molecule has 1 N–H and O–H groups in total. The molecule has 0 saturated carbocycles. The summed E-state index contributed by atoms with van der Waals surface area (Å²) in [6.45, 7) is 0. The molecule has 0 atom stereocenters. The van der Waals surface area contributed by atoms with Gasteiger partial charge in [-0.25, -0.2) is 4.79 Å². The molecule has 15 heavy (non-hydrogen) atoms. The minimum atomic E-state index is -0.937. The highest BCUT2D eigenvalue weighted by molar-refractivity contribution is 7.14. The van der Waals surface area contributed by atoms with Crippen molar-refractivity contribution in [3.63, 3.8) is 0 Å². The number of esters is 1. The Kier molecular flexibility index (Phi) is 4.05. The lowest BCUT2D eigenvalue weighted by molar-refractivity contribution is -0.139. The monoisotopic (exact) mass is 226 g/mol. The van der Waals surface area contributed by atoms with Crippen LogP contribution >= 0.6 is 11.3 Å². The third kappa shape index (κ3) is 3.55. The first-order chi connectivity index (χ1) is 7.13. The summed E-state index contributed by atoms with van der Waals surface area (Å²) < 4.78 is 4.45. The predicted octanol–water partition coefficient (Wildman–Crippen LogP) is 2.02. The lowest BCUT2D eigenvalue weighted by Gasteiger charge is -1.91. The van der Waals surface area contributed by atoms with Gasteiger partial charge in [0.25, 0.3) is 0 Å². The molecule has 0 radical (unpaired) electrons. The summed E-state index contributed by atoms with van der Waals surface area (Å²) in [6.07, 6.45) is 3.54. The summed E-state index contributed by atoms with van der Waals surface area (Å²) in [5, 5.41) is 8.66. The molecule has 1 aromatic rings. The van der Waals surface area contributed by atoms with Crippen LogP contribution in [0.2, 0.25) is 0 Å². The van der Waals surface area contributed by atoms with Gasteiger partial charge in [-0.1, -0.05) is 6.08 Å². The first-order valence-electron chi connectivity index (χ1n) is 4.20. The molecule has 0 spiro atoms. The van der Waals surface area contributed by atoms with Gasteiger partial charge >= 0.3 is 11.9 Å². The van der Waals surface area contributed by atoms with Crippen LogP contribution in [0.5, 0.6) is 0 Å². The molecule has 0 aliphatic rings. The van der Waals surface area contributed by atoms with Crippen molar-refractivity contribution in [2.45, 2.75) is 6.42 Å². The van der Waals surface area contributed by atoms with E-state index in [2.05, 4.69) is 4.74 Å². The van der Waals surface area contributed by atoms with Crippen LogP contribution in [0.3, 0.4) is 0 Å². The van der Waals surface area contributed by atoms with E-state index in [9.17, 15) is 9.59 Å². The van der Waals surface area contributed by atoms with Crippen LogP contribution in [0, 0.1) is 0 Å².